The molecular formula is C11H15F3N2O2. The summed E-state index contributed by atoms with van der Waals surface area (Å²) in [5.41, 5.74) is 0. The third-order valence-electron chi connectivity index (χ3n) is 2.07. The van der Waals surface area contributed by atoms with Gasteiger partial charge in [-0.3, -0.25) is 0 Å². The first kappa shape index (κ1) is 14.6. The van der Waals surface area contributed by atoms with Crippen LogP contribution in [0.4, 0.5) is 19.0 Å². The number of rotatable bonds is 6. The standard InChI is InChI=1S/C11H15F3N2O2/c1-2-18-10-5-3-4-9(15-10)16(6-7-17)8-11(12,13)14/h3-5,17H,2,6-8H2,1H3. The maximum Gasteiger partial charge on any atom is 0.405 e. The van der Waals surface area contributed by atoms with Crippen LogP contribution in [0.2, 0.25) is 0 Å². The molecule has 0 aliphatic carbocycles. The van der Waals surface area contributed by atoms with E-state index < -0.39 is 12.7 Å². The third kappa shape index (κ3) is 4.79. The molecule has 0 fully saturated rings. The number of halogens is 3. The maximum atomic E-state index is 12.4. The molecule has 0 atom stereocenters. The Labute approximate surface area is 103 Å². The van der Waals surface area contributed by atoms with Gasteiger partial charge in [0.15, 0.2) is 0 Å². The normalized spacial score (nSPS) is 11.4. The number of alkyl halides is 3. The Morgan fingerprint density at radius 3 is 2.67 bits per heavy atom. The Morgan fingerprint density at radius 2 is 2.11 bits per heavy atom. The molecule has 1 heterocycles. The van der Waals surface area contributed by atoms with Gasteiger partial charge in [-0.15, -0.1) is 0 Å². The van der Waals surface area contributed by atoms with E-state index in [0.29, 0.717) is 6.61 Å². The van der Waals surface area contributed by atoms with Crippen molar-refractivity contribution >= 4 is 5.82 Å². The second kappa shape index (κ2) is 6.44. The third-order valence-corrected chi connectivity index (χ3v) is 2.07. The lowest BCUT2D eigenvalue weighted by Gasteiger charge is -2.24. The molecule has 0 unspecified atom stereocenters. The first-order valence-electron chi connectivity index (χ1n) is 5.48. The number of anilines is 1. The zero-order chi connectivity index (χ0) is 13.6. The van der Waals surface area contributed by atoms with Crippen molar-refractivity contribution in [3.63, 3.8) is 0 Å². The minimum Gasteiger partial charge on any atom is -0.478 e. The fraction of sp³-hybridized carbons (Fsp3) is 0.545. The summed E-state index contributed by atoms with van der Waals surface area (Å²) in [7, 11) is 0. The Hall–Kier alpha value is -1.50. The molecule has 0 bridgehead atoms. The summed E-state index contributed by atoms with van der Waals surface area (Å²) >= 11 is 0. The molecule has 0 aliphatic heterocycles. The smallest absolute Gasteiger partial charge is 0.405 e. The number of pyridine rings is 1. The summed E-state index contributed by atoms with van der Waals surface area (Å²) in [5.74, 6) is 0.396. The molecule has 0 aromatic carbocycles. The van der Waals surface area contributed by atoms with E-state index in [9.17, 15) is 13.2 Å². The largest absolute Gasteiger partial charge is 0.478 e. The lowest BCUT2D eigenvalue weighted by molar-refractivity contribution is -0.120. The lowest BCUT2D eigenvalue weighted by atomic mass is 10.4. The lowest BCUT2D eigenvalue weighted by Crippen LogP contribution is -2.36. The average molecular weight is 264 g/mol. The van der Waals surface area contributed by atoms with E-state index in [2.05, 4.69) is 4.98 Å². The molecule has 1 rings (SSSR count). The number of hydrogen-bond donors (Lipinski definition) is 1. The van der Waals surface area contributed by atoms with Gasteiger partial charge in [-0.05, 0) is 13.0 Å². The molecule has 18 heavy (non-hydrogen) atoms. The van der Waals surface area contributed by atoms with E-state index in [0.717, 1.165) is 4.90 Å². The van der Waals surface area contributed by atoms with Crippen LogP contribution in [-0.2, 0) is 0 Å². The monoisotopic (exact) mass is 264 g/mol. The highest BCUT2D eigenvalue weighted by molar-refractivity contribution is 5.40. The molecule has 0 aliphatic rings. The number of aliphatic hydroxyl groups excluding tert-OH is 1. The van der Waals surface area contributed by atoms with Crippen molar-refractivity contribution < 1.29 is 23.0 Å². The molecule has 1 aromatic rings. The van der Waals surface area contributed by atoms with Gasteiger partial charge in [-0.25, -0.2) is 0 Å². The molecule has 0 saturated carbocycles. The number of aliphatic hydroxyl groups is 1. The molecule has 1 N–H and O–H groups in total. The molecule has 0 amide bonds. The summed E-state index contributed by atoms with van der Waals surface area (Å²) < 4.78 is 42.3. The zero-order valence-corrected chi connectivity index (χ0v) is 9.94. The van der Waals surface area contributed by atoms with Crippen molar-refractivity contribution in [1.29, 1.82) is 0 Å². The van der Waals surface area contributed by atoms with Crippen LogP contribution in [0.1, 0.15) is 6.92 Å². The highest BCUT2D eigenvalue weighted by atomic mass is 19.4. The number of nitrogens with zero attached hydrogens (tertiary/aromatic N) is 2. The highest BCUT2D eigenvalue weighted by Gasteiger charge is 2.31. The average Bonchev–Trinajstić information content (AvgIpc) is 2.28. The summed E-state index contributed by atoms with van der Waals surface area (Å²) in [5, 5.41) is 8.80. The van der Waals surface area contributed by atoms with Gasteiger partial charge in [0.1, 0.15) is 12.4 Å². The van der Waals surface area contributed by atoms with Gasteiger partial charge in [0.2, 0.25) is 5.88 Å². The van der Waals surface area contributed by atoms with Gasteiger partial charge in [0.25, 0.3) is 0 Å². The fourth-order valence-electron chi connectivity index (χ4n) is 1.42. The Bertz CT molecular complexity index is 372. The van der Waals surface area contributed by atoms with Gasteiger partial charge in [0.05, 0.1) is 13.2 Å². The van der Waals surface area contributed by atoms with Crippen LogP contribution in [0.3, 0.4) is 0 Å². The second-order valence-electron chi connectivity index (χ2n) is 3.53. The first-order chi connectivity index (χ1) is 8.46. The van der Waals surface area contributed by atoms with Gasteiger partial charge >= 0.3 is 6.18 Å². The quantitative estimate of drug-likeness (QED) is 0.851. The zero-order valence-electron chi connectivity index (χ0n) is 9.94. The van der Waals surface area contributed by atoms with E-state index in [-0.39, 0.29) is 24.8 Å². The number of ether oxygens (including phenoxy) is 1. The van der Waals surface area contributed by atoms with Gasteiger partial charge in [-0.2, -0.15) is 18.2 Å². The van der Waals surface area contributed by atoms with Crippen LogP contribution in [0, 0.1) is 0 Å². The molecule has 0 spiro atoms. The first-order valence-corrected chi connectivity index (χ1v) is 5.48. The van der Waals surface area contributed by atoms with E-state index in [4.69, 9.17) is 9.84 Å². The summed E-state index contributed by atoms with van der Waals surface area (Å²) in [4.78, 5) is 4.92. The van der Waals surface area contributed by atoms with E-state index in [1.165, 1.54) is 6.07 Å². The minimum absolute atomic E-state index is 0.132. The summed E-state index contributed by atoms with van der Waals surface area (Å²) in [6.45, 7) is 0.472. The molecule has 102 valence electrons. The SMILES string of the molecule is CCOc1cccc(N(CCO)CC(F)(F)F)n1. The summed E-state index contributed by atoms with van der Waals surface area (Å²) in [6.07, 6.45) is -4.35. The van der Waals surface area contributed by atoms with Crippen molar-refractivity contribution in [1.82, 2.24) is 4.98 Å². The maximum absolute atomic E-state index is 12.4. The molecule has 0 saturated heterocycles. The predicted octanol–water partition coefficient (Wildman–Crippen LogP) is 1.84. The van der Waals surface area contributed by atoms with Gasteiger partial charge < -0.3 is 14.7 Å². The Morgan fingerprint density at radius 1 is 1.39 bits per heavy atom. The Balaban J connectivity index is 2.87. The van der Waals surface area contributed by atoms with Crippen LogP contribution < -0.4 is 9.64 Å². The van der Waals surface area contributed by atoms with Crippen LogP contribution in [0.5, 0.6) is 5.88 Å². The number of hydrogen-bond acceptors (Lipinski definition) is 4. The topological polar surface area (TPSA) is 45.6 Å². The number of aromatic nitrogens is 1. The van der Waals surface area contributed by atoms with E-state index >= 15 is 0 Å². The van der Waals surface area contributed by atoms with Crippen LogP contribution >= 0.6 is 0 Å². The van der Waals surface area contributed by atoms with Crippen molar-refractivity contribution in [2.45, 2.75) is 13.1 Å². The molecular weight excluding hydrogens is 249 g/mol. The van der Waals surface area contributed by atoms with Crippen molar-refractivity contribution in [3.05, 3.63) is 18.2 Å². The van der Waals surface area contributed by atoms with Crippen molar-refractivity contribution in [2.24, 2.45) is 0 Å². The van der Waals surface area contributed by atoms with E-state index in [1.54, 1.807) is 19.1 Å². The Kier molecular flexibility index (Phi) is 5.21. The van der Waals surface area contributed by atoms with Crippen molar-refractivity contribution in [2.75, 3.05) is 31.2 Å². The summed E-state index contributed by atoms with van der Waals surface area (Å²) in [6, 6.07) is 4.58. The molecule has 4 nitrogen and oxygen atoms in total. The molecule has 7 heteroatoms. The molecule has 1 aromatic heterocycles. The molecule has 0 radical (unpaired) electrons. The van der Waals surface area contributed by atoms with Crippen LogP contribution in [-0.4, -0.2) is 42.6 Å². The predicted molar refractivity (Wildman–Crippen MR) is 60.8 cm³/mol. The van der Waals surface area contributed by atoms with Crippen LogP contribution in [0.15, 0.2) is 18.2 Å². The van der Waals surface area contributed by atoms with Crippen LogP contribution in [0.25, 0.3) is 0 Å². The van der Waals surface area contributed by atoms with Gasteiger partial charge in [0, 0.05) is 12.6 Å². The fourth-order valence-corrected chi connectivity index (χ4v) is 1.42. The van der Waals surface area contributed by atoms with Gasteiger partial charge in [-0.1, -0.05) is 6.07 Å². The highest BCUT2D eigenvalue weighted by Crippen LogP contribution is 2.22. The van der Waals surface area contributed by atoms with Crippen molar-refractivity contribution in [3.8, 4) is 5.88 Å². The van der Waals surface area contributed by atoms with E-state index in [1.807, 2.05) is 0 Å². The second-order valence-corrected chi connectivity index (χ2v) is 3.53. The minimum atomic E-state index is -4.35.